The summed E-state index contributed by atoms with van der Waals surface area (Å²) in [5.74, 6) is 1.36. The summed E-state index contributed by atoms with van der Waals surface area (Å²) in [7, 11) is 0. The Balaban J connectivity index is 1.55. The summed E-state index contributed by atoms with van der Waals surface area (Å²) in [5.41, 5.74) is 9.58. The quantitative estimate of drug-likeness (QED) is 0.900. The van der Waals surface area contributed by atoms with E-state index in [9.17, 15) is 4.79 Å². The van der Waals surface area contributed by atoms with Crippen LogP contribution in [0.15, 0.2) is 18.2 Å². The van der Waals surface area contributed by atoms with E-state index < -0.39 is 0 Å². The molecule has 0 radical (unpaired) electrons. The molecule has 1 saturated heterocycles. The van der Waals surface area contributed by atoms with E-state index in [0.717, 1.165) is 25.2 Å². The first kappa shape index (κ1) is 15.5. The molecule has 2 fully saturated rings. The minimum Gasteiger partial charge on any atom is -0.327 e. The Kier molecular flexibility index (Phi) is 4.50. The van der Waals surface area contributed by atoms with Gasteiger partial charge in [0, 0.05) is 24.8 Å². The van der Waals surface area contributed by atoms with Crippen molar-refractivity contribution in [1.29, 1.82) is 0 Å². The molecule has 1 aromatic rings. The average Bonchev–Trinajstić information content (AvgIpc) is 2.87. The van der Waals surface area contributed by atoms with Crippen LogP contribution in [-0.2, 0) is 4.79 Å². The lowest BCUT2D eigenvalue weighted by Gasteiger charge is -2.29. The number of fused-ring (bicyclic) bond motifs is 1. The van der Waals surface area contributed by atoms with Crippen molar-refractivity contribution in [3.8, 4) is 0 Å². The third-order valence-corrected chi connectivity index (χ3v) is 5.39. The van der Waals surface area contributed by atoms with Gasteiger partial charge in [0.15, 0.2) is 0 Å². The molecule has 1 aromatic carbocycles. The van der Waals surface area contributed by atoms with Crippen LogP contribution < -0.4 is 11.1 Å². The summed E-state index contributed by atoms with van der Waals surface area (Å²) in [5, 5.41) is 3.02. The highest BCUT2D eigenvalue weighted by Crippen LogP contribution is 2.35. The van der Waals surface area contributed by atoms with Crippen molar-refractivity contribution < 1.29 is 4.79 Å². The molecule has 2 aliphatic rings. The van der Waals surface area contributed by atoms with Crippen LogP contribution in [0.25, 0.3) is 0 Å². The van der Waals surface area contributed by atoms with Crippen molar-refractivity contribution in [3.63, 3.8) is 0 Å². The molecule has 3 atom stereocenters. The number of likely N-dealkylation sites (tertiary alicyclic amines) is 1. The SMILES string of the molecule is Cc1ccc(NC(=O)CN2CC3CCCC(N)C3C2)cc1C. The maximum Gasteiger partial charge on any atom is 0.238 e. The summed E-state index contributed by atoms with van der Waals surface area (Å²) >= 11 is 0. The zero-order chi connectivity index (χ0) is 15.7. The van der Waals surface area contributed by atoms with E-state index in [1.165, 1.54) is 24.0 Å². The molecular formula is C18H27N3O. The molecule has 3 unspecified atom stereocenters. The van der Waals surface area contributed by atoms with Crippen LogP contribution in [0.5, 0.6) is 0 Å². The van der Waals surface area contributed by atoms with Crippen LogP contribution in [-0.4, -0.2) is 36.5 Å². The number of nitrogens with one attached hydrogen (secondary N) is 1. The van der Waals surface area contributed by atoms with Crippen molar-refractivity contribution in [3.05, 3.63) is 29.3 Å². The van der Waals surface area contributed by atoms with Gasteiger partial charge in [-0.15, -0.1) is 0 Å². The fourth-order valence-corrected chi connectivity index (χ4v) is 3.96. The number of amides is 1. The minimum atomic E-state index is 0.0791. The van der Waals surface area contributed by atoms with E-state index in [0.29, 0.717) is 24.4 Å². The van der Waals surface area contributed by atoms with Crippen molar-refractivity contribution in [2.24, 2.45) is 17.6 Å². The van der Waals surface area contributed by atoms with E-state index in [1.807, 2.05) is 18.2 Å². The number of rotatable bonds is 3. The molecule has 3 N–H and O–H groups in total. The molecule has 120 valence electrons. The van der Waals surface area contributed by atoms with Crippen LogP contribution >= 0.6 is 0 Å². The van der Waals surface area contributed by atoms with Crippen molar-refractivity contribution in [2.75, 3.05) is 25.0 Å². The summed E-state index contributed by atoms with van der Waals surface area (Å²) in [6.07, 6.45) is 3.66. The molecule has 1 aliphatic heterocycles. The van der Waals surface area contributed by atoms with Crippen molar-refractivity contribution in [2.45, 2.75) is 39.2 Å². The van der Waals surface area contributed by atoms with Gasteiger partial charge < -0.3 is 11.1 Å². The molecule has 0 spiro atoms. The minimum absolute atomic E-state index is 0.0791. The lowest BCUT2D eigenvalue weighted by Crippen LogP contribution is -2.38. The molecular weight excluding hydrogens is 274 g/mol. The Hall–Kier alpha value is -1.39. The molecule has 3 rings (SSSR count). The second kappa shape index (κ2) is 6.39. The van der Waals surface area contributed by atoms with Crippen molar-refractivity contribution in [1.82, 2.24) is 4.90 Å². The number of carbonyl (C=O) groups is 1. The first-order valence-corrected chi connectivity index (χ1v) is 8.38. The Morgan fingerprint density at radius 2 is 2.09 bits per heavy atom. The van der Waals surface area contributed by atoms with Gasteiger partial charge in [0.2, 0.25) is 5.91 Å². The number of hydrogen-bond donors (Lipinski definition) is 2. The lowest BCUT2D eigenvalue weighted by atomic mass is 9.78. The highest BCUT2D eigenvalue weighted by atomic mass is 16.2. The topological polar surface area (TPSA) is 58.4 Å². The predicted octanol–water partition coefficient (Wildman–Crippen LogP) is 2.30. The Labute approximate surface area is 133 Å². The fourth-order valence-electron chi connectivity index (χ4n) is 3.96. The Morgan fingerprint density at radius 1 is 1.27 bits per heavy atom. The molecule has 1 amide bonds. The number of hydrogen-bond acceptors (Lipinski definition) is 3. The molecule has 22 heavy (non-hydrogen) atoms. The first-order valence-electron chi connectivity index (χ1n) is 8.38. The van der Waals surface area contributed by atoms with Gasteiger partial charge in [0.05, 0.1) is 6.54 Å². The number of anilines is 1. The monoisotopic (exact) mass is 301 g/mol. The van der Waals surface area contributed by atoms with Crippen LogP contribution in [0.1, 0.15) is 30.4 Å². The summed E-state index contributed by atoms with van der Waals surface area (Å²) < 4.78 is 0. The van der Waals surface area contributed by atoms with Gasteiger partial charge in [-0.3, -0.25) is 9.69 Å². The van der Waals surface area contributed by atoms with Crippen molar-refractivity contribution >= 4 is 11.6 Å². The van der Waals surface area contributed by atoms with Crippen LogP contribution in [0, 0.1) is 25.7 Å². The average molecular weight is 301 g/mol. The normalized spacial score (nSPS) is 28.4. The van der Waals surface area contributed by atoms with Crippen LogP contribution in [0.2, 0.25) is 0 Å². The van der Waals surface area contributed by atoms with Gasteiger partial charge in [0.1, 0.15) is 0 Å². The molecule has 0 aromatic heterocycles. The van der Waals surface area contributed by atoms with E-state index >= 15 is 0 Å². The van der Waals surface area contributed by atoms with Gasteiger partial charge in [-0.25, -0.2) is 0 Å². The summed E-state index contributed by atoms with van der Waals surface area (Å²) in [4.78, 5) is 14.5. The highest BCUT2D eigenvalue weighted by molar-refractivity contribution is 5.92. The number of nitrogens with zero attached hydrogens (tertiary/aromatic N) is 1. The number of benzene rings is 1. The highest BCUT2D eigenvalue weighted by Gasteiger charge is 2.38. The van der Waals surface area contributed by atoms with Gasteiger partial charge in [0.25, 0.3) is 0 Å². The maximum atomic E-state index is 12.3. The molecule has 0 bridgehead atoms. The van der Waals surface area contributed by atoms with Crippen LogP contribution in [0.4, 0.5) is 5.69 Å². The molecule has 4 heteroatoms. The largest absolute Gasteiger partial charge is 0.327 e. The van der Waals surface area contributed by atoms with Crippen LogP contribution in [0.3, 0.4) is 0 Å². The van der Waals surface area contributed by atoms with E-state index in [2.05, 4.69) is 24.1 Å². The number of carbonyl (C=O) groups excluding carboxylic acids is 1. The standard InChI is InChI=1S/C18H27N3O/c1-12-6-7-15(8-13(12)2)20-18(22)11-21-9-14-4-3-5-17(19)16(14)10-21/h6-8,14,16-17H,3-5,9-11,19H2,1-2H3,(H,20,22). The lowest BCUT2D eigenvalue weighted by molar-refractivity contribution is -0.117. The van der Waals surface area contributed by atoms with E-state index in [4.69, 9.17) is 5.73 Å². The Morgan fingerprint density at radius 3 is 2.82 bits per heavy atom. The van der Waals surface area contributed by atoms with Gasteiger partial charge in [-0.1, -0.05) is 12.5 Å². The first-order chi connectivity index (χ1) is 10.5. The van der Waals surface area contributed by atoms with Gasteiger partial charge >= 0.3 is 0 Å². The second-order valence-electron chi connectivity index (χ2n) is 7.06. The molecule has 1 aliphatic carbocycles. The zero-order valence-electron chi connectivity index (χ0n) is 13.6. The fraction of sp³-hybridized carbons (Fsp3) is 0.611. The molecule has 1 heterocycles. The summed E-state index contributed by atoms with van der Waals surface area (Å²) in [6, 6.07) is 6.38. The molecule has 4 nitrogen and oxygen atoms in total. The third kappa shape index (κ3) is 3.33. The number of aryl methyl sites for hydroxylation is 2. The van der Waals surface area contributed by atoms with Gasteiger partial charge in [-0.05, 0) is 61.8 Å². The maximum absolute atomic E-state index is 12.3. The Bertz CT molecular complexity index is 557. The third-order valence-electron chi connectivity index (χ3n) is 5.39. The summed E-state index contributed by atoms with van der Waals surface area (Å²) in [6.45, 7) is 6.63. The predicted molar refractivity (Wildman–Crippen MR) is 89.8 cm³/mol. The molecule has 1 saturated carbocycles. The smallest absolute Gasteiger partial charge is 0.238 e. The van der Waals surface area contributed by atoms with E-state index in [-0.39, 0.29) is 5.91 Å². The number of nitrogens with two attached hydrogens (primary N) is 1. The zero-order valence-corrected chi connectivity index (χ0v) is 13.6. The van der Waals surface area contributed by atoms with E-state index in [1.54, 1.807) is 0 Å². The second-order valence-corrected chi connectivity index (χ2v) is 7.06. The van der Waals surface area contributed by atoms with Gasteiger partial charge in [-0.2, -0.15) is 0 Å².